The minimum Gasteiger partial charge on any atom is -0.469 e. The number of nitrogens with zero attached hydrogens (tertiary/aromatic N) is 2. The van der Waals surface area contributed by atoms with Gasteiger partial charge in [-0.15, -0.1) is 16.8 Å². The Morgan fingerprint density at radius 1 is 1.50 bits per heavy atom. The first-order valence-corrected chi connectivity index (χ1v) is 6.33. The standard InChI is InChI=1S/C11H19N3OS/c1-4-5-6-7-15-11-14-13-10(16-11)8-12-9(2)3/h4,9,12H,1,5-8H2,2-3H3. The molecule has 0 aliphatic carbocycles. The van der Waals surface area contributed by atoms with Crippen molar-refractivity contribution >= 4 is 11.3 Å². The summed E-state index contributed by atoms with van der Waals surface area (Å²) in [5, 5.41) is 12.9. The molecular weight excluding hydrogens is 222 g/mol. The second-order valence-corrected chi connectivity index (χ2v) is 4.80. The van der Waals surface area contributed by atoms with Crippen molar-refractivity contribution in [3.05, 3.63) is 17.7 Å². The average molecular weight is 241 g/mol. The molecule has 5 heteroatoms. The van der Waals surface area contributed by atoms with Gasteiger partial charge in [-0.25, -0.2) is 0 Å². The maximum atomic E-state index is 5.46. The number of hydrogen-bond donors (Lipinski definition) is 1. The molecule has 0 fully saturated rings. The maximum absolute atomic E-state index is 5.46. The fourth-order valence-electron chi connectivity index (χ4n) is 1.05. The SMILES string of the molecule is C=CCCCOc1nnc(CNC(C)C)s1. The Balaban J connectivity index is 2.25. The van der Waals surface area contributed by atoms with Gasteiger partial charge in [-0.1, -0.05) is 31.3 Å². The van der Waals surface area contributed by atoms with E-state index in [0.717, 1.165) is 24.4 Å². The van der Waals surface area contributed by atoms with Crippen LogP contribution >= 0.6 is 11.3 Å². The van der Waals surface area contributed by atoms with Crippen LogP contribution in [0.5, 0.6) is 5.19 Å². The van der Waals surface area contributed by atoms with Crippen LogP contribution in [-0.4, -0.2) is 22.8 Å². The van der Waals surface area contributed by atoms with Crippen molar-refractivity contribution in [2.45, 2.75) is 39.3 Å². The number of unbranched alkanes of at least 4 members (excludes halogenated alkanes) is 1. The van der Waals surface area contributed by atoms with E-state index >= 15 is 0 Å². The number of ether oxygens (including phenoxy) is 1. The summed E-state index contributed by atoms with van der Waals surface area (Å²) in [6.07, 6.45) is 3.84. The summed E-state index contributed by atoms with van der Waals surface area (Å²) in [5.41, 5.74) is 0. The molecule has 0 saturated carbocycles. The fourth-order valence-corrected chi connectivity index (χ4v) is 1.71. The van der Waals surface area contributed by atoms with Crippen LogP contribution in [0.2, 0.25) is 0 Å². The summed E-state index contributed by atoms with van der Waals surface area (Å²) >= 11 is 1.50. The molecule has 0 unspecified atom stereocenters. The van der Waals surface area contributed by atoms with Crippen LogP contribution in [0.25, 0.3) is 0 Å². The quantitative estimate of drug-likeness (QED) is 0.561. The van der Waals surface area contributed by atoms with Gasteiger partial charge in [-0.05, 0) is 12.8 Å². The van der Waals surface area contributed by atoms with Crippen molar-refractivity contribution in [2.24, 2.45) is 0 Å². The van der Waals surface area contributed by atoms with Gasteiger partial charge < -0.3 is 10.1 Å². The summed E-state index contributed by atoms with van der Waals surface area (Å²) in [5.74, 6) is 0. The van der Waals surface area contributed by atoms with Gasteiger partial charge in [0.05, 0.1) is 13.2 Å². The third-order valence-corrected chi connectivity index (χ3v) is 2.72. The smallest absolute Gasteiger partial charge is 0.294 e. The Morgan fingerprint density at radius 3 is 3.00 bits per heavy atom. The zero-order valence-electron chi connectivity index (χ0n) is 9.90. The fraction of sp³-hybridized carbons (Fsp3) is 0.636. The second-order valence-electron chi connectivity index (χ2n) is 3.78. The van der Waals surface area contributed by atoms with Crippen molar-refractivity contribution in [1.29, 1.82) is 0 Å². The van der Waals surface area contributed by atoms with Gasteiger partial charge in [-0.2, -0.15) is 0 Å². The lowest BCUT2D eigenvalue weighted by atomic mass is 10.3. The molecule has 16 heavy (non-hydrogen) atoms. The monoisotopic (exact) mass is 241 g/mol. The van der Waals surface area contributed by atoms with Crippen LogP contribution in [0.4, 0.5) is 0 Å². The molecule has 4 nitrogen and oxygen atoms in total. The molecule has 0 aromatic carbocycles. The lowest BCUT2D eigenvalue weighted by Gasteiger charge is -2.03. The molecule has 0 aliphatic rings. The van der Waals surface area contributed by atoms with Gasteiger partial charge in [0.15, 0.2) is 0 Å². The predicted molar refractivity (Wildman–Crippen MR) is 66.8 cm³/mol. The summed E-state index contributed by atoms with van der Waals surface area (Å²) in [7, 11) is 0. The summed E-state index contributed by atoms with van der Waals surface area (Å²) < 4.78 is 5.46. The van der Waals surface area contributed by atoms with Crippen molar-refractivity contribution in [1.82, 2.24) is 15.5 Å². The topological polar surface area (TPSA) is 47.0 Å². The molecule has 1 rings (SSSR count). The molecule has 1 heterocycles. The Kier molecular flexibility index (Phi) is 6.03. The first-order valence-electron chi connectivity index (χ1n) is 5.52. The highest BCUT2D eigenvalue weighted by Gasteiger charge is 2.04. The Bertz CT molecular complexity index is 312. The van der Waals surface area contributed by atoms with Gasteiger partial charge in [0, 0.05) is 6.04 Å². The summed E-state index contributed by atoms with van der Waals surface area (Å²) in [6, 6.07) is 0.459. The largest absolute Gasteiger partial charge is 0.469 e. The van der Waals surface area contributed by atoms with E-state index in [1.807, 2.05) is 6.08 Å². The molecule has 0 spiro atoms. The van der Waals surface area contributed by atoms with E-state index in [0.29, 0.717) is 17.8 Å². The number of rotatable bonds is 8. The Hall–Kier alpha value is -0.940. The zero-order chi connectivity index (χ0) is 11.8. The van der Waals surface area contributed by atoms with Crippen molar-refractivity contribution in [2.75, 3.05) is 6.61 Å². The highest BCUT2D eigenvalue weighted by atomic mass is 32.1. The average Bonchev–Trinajstić information content (AvgIpc) is 2.70. The molecular formula is C11H19N3OS. The maximum Gasteiger partial charge on any atom is 0.294 e. The third kappa shape index (κ3) is 5.23. The molecule has 0 radical (unpaired) electrons. The van der Waals surface area contributed by atoms with Gasteiger partial charge in [-0.3, -0.25) is 0 Å². The van der Waals surface area contributed by atoms with Crippen LogP contribution in [0.15, 0.2) is 12.7 Å². The predicted octanol–water partition coefficient (Wildman–Crippen LogP) is 2.38. The molecule has 0 amide bonds. The zero-order valence-corrected chi connectivity index (χ0v) is 10.7. The highest BCUT2D eigenvalue weighted by molar-refractivity contribution is 7.13. The van der Waals surface area contributed by atoms with Gasteiger partial charge in [0.1, 0.15) is 5.01 Å². The lowest BCUT2D eigenvalue weighted by Crippen LogP contribution is -2.21. The van der Waals surface area contributed by atoms with Crippen molar-refractivity contribution < 1.29 is 4.74 Å². The van der Waals surface area contributed by atoms with Crippen LogP contribution in [0.3, 0.4) is 0 Å². The Morgan fingerprint density at radius 2 is 2.31 bits per heavy atom. The molecule has 1 aromatic rings. The molecule has 0 atom stereocenters. The van der Waals surface area contributed by atoms with E-state index in [1.54, 1.807) is 0 Å². The molecule has 1 aromatic heterocycles. The van der Waals surface area contributed by atoms with Gasteiger partial charge >= 0.3 is 0 Å². The van der Waals surface area contributed by atoms with E-state index in [1.165, 1.54) is 11.3 Å². The number of hydrogen-bond acceptors (Lipinski definition) is 5. The number of aromatic nitrogens is 2. The van der Waals surface area contributed by atoms with Crippen molar-refractivity contribution in [3.8, 4) is 5.19 Å². The normalized spacial score (nSPS) is 10.7. The van der Waals surface area contributed by atoms with E-state index in [-0.39, 0.29) is 0 Å². The van der Waals surface area contributed by atoms with Crippen LogP contribution in [0.1, 0.15) is 31.7 Å². The van der Waals surface area contributed by atoms with Crippen molar-refractivity contribution in [3.63, 3.8) is 0 Å². The molecule has 1 N–H and O–H groups in total. The van der Waals surface area contributed by atoms with Crippen LogP contribution in [0, 0.1) is 0 Å². The third-order valence-electron chi connectivity index (χ3n) is 1.89. The molecule has 0 aliphatic heterocycles. The first-order chi connectivity index (χ1) is 7.72. The van der Waals surface area contributed by atoms with E-state index < -0.39 is 0 Å². The van der Waals surface area contributed by atoms with E-state index in [2.05, 4.69) is 35.9 Å². The first kappa shape index (κ1) is 13.1. The van der Waals surface area contributed by atoms with Gasteiger partial charge in [0.25, 0.3) is 5.19 Å². The summed E-state index contributed by atoms with van der Waals surface area (Å²) in [4.78, 5) is 0. The van der Waals surface area contributed by atoms with Gasteiger partial charge in [0.2, 0.25) is 0 Å². The van der Waals surface area contributed by atoms with E-state index in [9.17, 15) is 0 Å². The molecule has 90 valence electrons. The highest BCUT2D eigenvalue weighted by Crippen LogP contribution is 2.17. The number of allylic oxidation sites excluding steroid dienone is 1. The van der Waals surface area contributed by atoms with Crippen LogP contribution < -0.4 is 10.1 Å². The molecule has 0 bridgehead atoms. The summed E-state index contributed by atoms with van der Waals surface area (Å²) in [6.45, 7) is 9.30. The molecule has 0 saturated heterocycles. The number of nitrogens with one attached hydrogen (secondary N) is 1. The van der Waals surface area contributed by atoms with E-state index in [4.69, 9.17) is 4.74 Å². The van der Waals surface area contributed by atoms with Crippen LogP contribution in [-0.2, 0) is 6.54 Å². The lowest BCUT2D eigenvalue weighted by molar-refractivity contribution is 0.308. The Labute approximate surface area is 101 Å². The minimum atomic E-state index is 0.459. The minimum absolute atomic E-state index is 0.459. The second kappa shape index (κ2) is 7.35.